The fraction of sp³-hybridized carbons (Fsp3) is 0.333. The normalized spacial score (nSPS) is 12.6. The molecule has 1 atom stereocenters. The summed E-state index contributed by atoms with van der Waals surface area (Å²) >= 11 is 0. The Kier molecular flexibility index (Phi) is 8.06. The Bertz CT molecular complexity index is 968. The van der Waals surface area contributed by atoms with Gasteiger partial charge in [-0.2, -0.15) is 5.10 Å². The van der Waals surface area contributed by atoms with E-state index in [9.17, 15) is 0 Å². The molecule has 0 amide bonds. The van der Waals surface area contributed by atoms with Crippen molar-refractivity contribution in [3.63, 3.8) is 0 Å². The Morgan fingerprint density at radius 1 is 1.10 bits per heavy atom. The first-order valence-corrected chi connectivity index (χ1v) is 10.4. The molecule has 0 spiro atoms. The quantitative estimate of drug-likeness (QED) is 0.412. The zero-order valence-corrected chi connectivity index (χ0v) is 18.7. The summed E-state index contributed by atoms with van der Waals surface area (Å²) in [6.07, 6.45) is 3.78. The van der Waals surface area contributed by atoms with E-state index in [0.29, 0.717) is 6.54 Å². The van der Waals surface area contributed by atoms with E-state index in [4.69, 9.17) is 4.74 Å². The van der Waals surface area contributed by atoms with Gasteiger partial charge in [0.25, 0.3) is 0 Å². The predicted molar refractivity (Wildman–Crippen MR) is 125 cm³/mol. The minimum Gasteiger partial charge on any atom is -0.497 e. The number of ether oxygens (including phenoxy) is 1. The molecule has 3 aromatic rings. The first kappa shape index (κ1) is 22.4. The molecule has 7 heteroatoms. The molecule has 3 rings (SSSR count). The fourth-order valence-corrected chi connectivity index (χ4v) is 3.49. The molecule has 0 aliphatic carbocycles. The van der Waals surface area contributed by atoms with Crippen LogP contribution in [0.3, 0.4) is 0 Å². The number of hydrogen-bond donors (Lipinski definition) is 2. The average Bonchev–Trinajstić information content (AvgIpc) is 3.30. The van der Waals surface area contributed by atoms with Crippen molar-refractivity contribution < 1.29 is 4.74 Å². The number of aliphatic imine (C=N–C) groups is 1. The molecule has 7 nitrogen and oxygen atoms in total. The molecule has 0 saturated heterocycles. The van der Waals surface area contributed by atoms with Crippen molar-refractivity contribution in [2.45, 2.75) is 19.1 Å². The van der Waals surface area contributed by atoms with E-state index in [-0.39, 0.29) is 6.04 Å². The zero-order chi connectivity index (χ0) is 22.1. The summed E-state index contributed by atoms with van der Waals surface area (Å²) in [5, 5.41) is 11.2. The Labute approximate surface area is 184 Å². The van der Waals surface area contributed by atoms with Crippen molar-refractivity contribution in [2.75, 3.05) is 34.8 Å². The van der Waals surface area contributed by atoms with Crippen LogP contribution in [0.15, 0.2) is 72.0 Å². The molecule has 0 bridgehead atoms. The highest BCUT2D eigenvalue weighted by Gasteiger charge is 2.15. The lowest BCUT2D eigenvalue weighted by molar-refractivity contribution is 0.297. The van der Waals surface area contributed by atoms with E-state index in [1.54, 1.807) is 20.4 Å². The van der Waals surface area contributed by atoms with Crippen molar-refractivity contribution in [1.82, 2.24) is 25.3 Å². The molecule has 1 heterocycles. The maximum atomic E-state index is 5.39. The minimum absolute atomic E-state index is 0.181. The molecule has 2 aromatic carbocycles. The van der Waals surface area contributed by atoms with Crippen molar-refractivity contribution in [1.29, 1.82) is 0 Å². The minimum atomic E-state index is 0.181. The molecule has 2 N–H and O–H groups in total. The van der Waals surface area contributed by atoms with E-state index in [1.807, 2.05) is 29.1 Å². The number of benzene rings is 2. The van der Waals surface area contributed by atoms with Crippen LogP contribution in [0, 0.1) is 0 Å². The van der Waals surface area contributed by atoms with E-state index in [0.717, 1.165) is 24.8 Å². The second-order valence-corrected chi connectivity index (χ2v) is 7.54. The largest absolute Gasteiger partial charge is 0.497 e. The fourth-order valence-electron chi connectivity index (χ4n) is 3.49. The van der Waals surface area contributed by atoms with Crippen molar-refractivity contribution >= 4 is 5.96 Å². The number of guanidine groups is 1. The van der Waals surface area contributed by atoms with E-state index >= 15 is 0 Å². The summed E-state index contributed by atoms with van der Waals surface area (Å²) in [5.74, 6) is 1.63. The van der Waals surface area contributed by atoms with Gasteiger partial charge in [-0.05, 0) is 49.0 Å². The lowest BCUT2D eigenvalue weighted by Crippen LogP contribution is -2.41. The van der Waals surface area contributed by atoms with Gasteiger partial charge < -0.3 is 20.3 Å². The van der Waals surface area contributed by atoms with Crippen molar-refractivity contribution in [3.8, 4) is 5.75 Å². The Balaban J connectivity index is 1.62. The highest BCUT2D eigenvalue weighted by molar-refractivity contribution is 5.79. The zero-order valence-electron chi connectivity index (χ0n) is 18.7. The summed E-state index contributed by atoms with van der Waals surface area (Å²) in [6, 6.07) is 18.7. The third-order valence-electron chi connectivity index (χ3n) is 5.24. The van der Waals surface area contributed by atoms with Gasteiger partial charge in [0.15, 0.2) is 5.96 Å². The Hall–Kier alpha value is -3.32. The van der Waals surface area contributed by atoms with Gasteiger partial charge in [0.2, 0.25) is 0 Å². The number of rotatable bonds is 9. The van der Waals surface area contributed by atoms with Crippen LogP contribution in [0.5, 0.6) is 5.75 Å². The molecule has 0 saturated carbocycles. The molecular formula is C24H32N6O. The summed E-state index contributed by atoms with van der Waals surface area (Å²) in [7, 11) is 7.64. The number of likely N-dealkylation sites (N-methyl/N-ethyl adjacent to an activating group) is 1. The average molecular weight is 421 g/mol. The lowest BCUT2D eigenvalue weighted by Gasteiger charge is -2.26. The van der Waals surface area contributed by atoms with Gasteiger partial charge in [-0.15, -0.1) is 0 Å². The maximum absolute atomic E-state index is 5.39. The van der Waals surface area contributed by atoms with E-state index in [2.05, 4.69) is 76.1 Å². The van der Waals surface area contributed by atoms with Crippen LogP contribution in [-0.2, 0) is 13.1 Å². The smallest absolute Gasteiger partial charge is 0.191 e. The number of nitrogens with zero attached hydrogens (tertiary/aromatic N) is 4. The van der Waals surface area contributed by atoms with Gasteiger partial charge in [0, 0.05) is 32.5 Å². The number of hydrogen-bond acceptors (Lipinski definition) is 4. The van der Waals surface area contributed by atoms with Crippen LogP contribution >= 0.6 is 0 Å². The maximum Gasteiger partial charge on any atom is 0.191 e. The lowest BCUT2D eigenvalue weighted by atomic mass is 10.1. The van der Waals surface area contributed by atoms with E-state index < -0.39 is 0 Å². The molecule has 0 aliphatic heterocycles. The third-order valence-corrected chi connectivity index (χ3v) is 5.24. The molecule has 1 aromatic heterocycles. The van der Waals surface area contributed by atoms with Crippen LogP contribution in [0.2, 0.25) is 0 Å². The summed E-state index contributed by atoms with van der Waals surface area (Å²) in [5.41, 5.74) is 3.64. The van der Waals surface area contributed by atoms with Gasteiger partial charge in [0.1, 0.15) is 5.75 Å². The molecule has 164 valence electrons. The van der Waals surface area contributed by atoms with Gasteiger partial charge in [0.05, 0.1) is 19.7 Å². The van der Waals surface area contributed by atoms with Crippen molar-refractivity contribution in [3.05, 3.63) is 83.7 Å². The topological polar surface area (TPSA) is 66.7 Å². The Morgan fingerprint density at radius 3 is 2.58 bits per heavy atom. The highest BCUT2D eigenvalue weighted by Crippen LogP contribution is 2.22. The number of nitrogens with one attached hydrogen (secondary N) is 2. The van der Waals surface area contributed by atoms with Crippen LogP contribution in [0.25, 0.3) is 0 Å². The second kappa shape index (κ2) is 11.2. The van der Waals surface area contributed by atoms with E-state index in [1.165, 1.54) is 16.7 Å². The first-order valence-electron chi connectivity index (χ1n) is 10.4. The first-order chi connectivity index (χ1) is 15.1. The SMILES string of the molecule is CN=C(NCc1ccccc1Cn1cccn1)NCC(c1cccc(OC)c1)N(C)C. The highest BCUT2D eigenvalue weighted by atomic mass is 16.5. The number of methoxy groups -OCH3 is 1. The molecule has 0 fully saturated rings. The van der Waals surface area contributed by atoms with Crippen LogP contribution in [-0.4, -0.2) is 55.4 Å². The predicted octanol–water partition coefficient (Wildman–Crippen LogP) is 2.91. The van der Waals surface area contributed by atoms with Crippen LogP contribution in [0.1, 0.15) is 22.7 Å². The molecule has 0 aliphatic rings. The summed E-state index contributed by atoms with van der Waals surface area (Å²) < 4.78 is 7.32. The second-order valence-electron chi connectivity index (χ2n) is 7.54. The standard InChI is InChI=1S/C24H32N6O/c1-25-24(27-17-23(29(2)3)19-11-7-12-22(15-19)31-4)26-16-20-9-5-6-10-21(20)18-30-14-8-13-28-30/h5-15,23H,16-18H2,1-4H3,(H2,25,26,27). The molecular weight excluding hydrogens is 388 g/mol. The third kappa shape index (κ3) is 6.33. The molecule has 1 unspecified atom stereocenters. The van der Waals surface area contributed by atoms with Gasteiger partial charge in [-0.25, -0.2) is 0 Å². The summed E-state index contributed by atoms with van der Waals surface area (Å²) in [4.78, 5) is 6.59. The molecule has 0 radical (unpaired) electrons. The summed E-state index contributed by atoms with van der Waals surface area (Å²) in [6.45, 7) is 2.15. The monoisotopic (exact) mass is 420 g/mol. The van der Waals surface area contributed by atoms with Gasteiger partial charge >= 0.3 is 0 Å². The van der Waals surface area contributed by atoms with Gasteiger partial charge in [-0.3, -0.25) is 9.67 Å². The van der Waals surface area contributed by atoms with Crippen molar-refractivity contribution in [2.24, 2.45) is 4.99 Å². The molecule has 31 heavy (non-hydrogen) atoms. The van der Waals surface area contributed by atoms with Crippen LogP contribution in [0.4, 0.5) is 0 Å². The van der Waals surface area contributed by atoms with Crippen LogP contribution < -0.4 is 15.4 Å². The number of aromatic nitrogens is 2. The Morgan fingerprint density at radius 2 is 1.90 bits per heavy atom. The van der Waals surface area contributed by atoms with Gasteiger partial charge in [-0.1, -0.05) is 36.4 Å².